The summed E-state index contributed by atoms with van der Waals surface area (Å²) in [5.41, 5.74) is 1.23. The molecular formula is C19H26O5. The number of hydrogen-bond donors (Lipinski definition) is 0. The second-order valence-corrected chi connectivity index (χ2v) is 7.73. The van der Waals surface area contributed by atoms with Crippen LogP contribution in [0.2, 0.25) is 0 Å². The summed E-state index contributed by atoms with van der Waals surface area (Å²) in [6, 6.07) is 0. The normalized spacial score (nSPS) is 41.0. The topological polar surface area (TPSA) is 65.1 Å². The average Bonchev–Trinajstić information content (AvgIpc) is 3.04. The first kappa shape index (κ1) is 17.2. The molecule has 3 rings (SSSR count). The van der Waals surface area contributed by atoms with Gasteiger partial charge in [-0.05, 0) is 32.8 Å². The first-order valence-corrected chi connectivity index (χ1v) is 8.66. The smallest absolute Gasteiger partial charge is 0.334 e. The lowest BCUT2D eigenvalue weighted by molar-refractivity contribution is -0.157. The Labute approximate surface area is 143 Å². The maximum Gasteiger partial charge on any atom is 0.334 e. The van der Waals surface area contributed by atoms with Crippen LogP contribution in [0, 0.1) is 11.8 Å². The van der Waals surface area contributed by atoms with Crippen LogP contribution in [0.4, 0.5) is 0 Å². The molecule has 0 bridgehead atoms. The van der Waals surface area contributed by atoms with E-state index in [-0.39, 0.29) is 29.5 Å². The predicted octanol–water partition coefficient (Wildman–Crippen LogP) is 2.94. The van der Waals surface area contributed by atoms with E-state index >= 15 is 0 Å². The molecule has 24 heavy (non-hydrogen) atoms. The number of allylic oxidation sites excluding steroid dienone is 1. The third-order valence-corrected chi connectivity index (χ3v) is 5.29. The van der Waals surface area contributed by atoms with Crippen molar-refractivity contribution in [3.8, 4) is 0 Å². The SMILES string of the molecule is C=C1C(=O)O[C@@H]2/C=C(\C)CC[C@H]3O[C@@]3(C)C[C@@H](OC(=O)C(C)C)[C@@H]12. The van der Waals surface area contributed by atoms with E-state index in [2.05, 4.69) is 6.58 Å². The van der Waals surface area contributed by atoms with Crippen LogP contribution >= 0.6 is 0 Å². The van der Waals surface area contributed by atoms with Gasteiger partial charge in [-0.2, -0.15) is 0 Å². The molecule has 5 nitrogen and oxygen atoms in total. The highest BCUT2D eigenvalue weighted by Crippen LogP contribution is 2.47. The van der Waals surface area contributed by atoms with E-state index in [1.165, 1.54) is 0 Å². The van der Waals surface area contributed by atoms with Crippen LogP contribution in [0.5, 0.6) is 0 Å². The van der Waals surface area contributed by atoms with Gasteiger partial charge in [0.2, 0.25) is 0 Å². The Bertz CT molecular complexity index is 605. The Morgan fingerprint density at radius 2 is 2.17 bits per heavy atom. The Morgan fingerprint density at radius 1 is 1.46 bits per heavy atom. The van der Waals surface area contributed by atoms with Gasteiger partial charge >= 0.3 is 11.9 Å². The molecule has 2 saturated heterocycles. The van der Waals surface area contributed by atoms with Gasteiger partial charge < -0.3 is 14.2 Å². The summed E-state index contributed by atoms with van der Waals surface area (Å²) < 4.78 is 17.2. The molecule has 5 heteroatoms. The Balaban J connectivity index is 1.94. The zero-order valence-electron chi connectivity index (χ0n) is 14.8. The van der Waals surface area contributed by atoms with Crippen LogP contribution in [0.1, 0.15) is 47.0 Å². The Hall–Kier alpha value is -1.62. The monoisotopic (exact) mass is 334 g/mol. The third kappa shape index (κ3) is 3.14. The third-order valence-electron chi connectivity index (χ3n) is 5.29. The van der Waals surface area contributed by atoms with Crippen LogP contribution in [0.3, 0.4) is 0 Å². The molecule has 0 saturated carbocycles. The van der Waals surface area contributed by atoms with Gasteiger partial charge in [-0.25, -0.2) is 4.79 Å². The highest BCUT2D eigenvalue weighted by atomic mass is 16.6. The summed E-state index contributed by atoms with van der Waals surface area (Å²) in [6.07, 6.45) is 3.64. The minimum atomic E-state index is -0.471. The Morgan fingerprint density at radius 3 is 2.83 bits per heavy atom. The number of ether oxygens (including phenoxy) is 3. The van der Waals surface area contributed by atoms with Gasteiger partial charge in [0.25, 0.3) is 0 Å². The van der Waals surface area contributed by atoms with Crippen molar-refractivity contribution >= 4 is 11.9 Å². The Kier molecular flexibility index (Phi) is 4.32. The molecule has 0 amide bonds. The quantitative estimate of drug-likeness (QED) is 0.336. The number of esters is 2. The van der Waals surface area contributed by atoms with Crippen molar-refractivity contribution in [2.45, 2.75) is 70.9 Å². The maximum absolute atomic E-state index is 12.2. The van der Waals surface area contributed by atoms with Crippen LogP contribution in [-0.2, 0) is 23.8 Å². The lowest BCUT2D eigenvalue weighted by atomic mass is 9.82. The molecule has 3 aliphatic rings. The molecule has 0 aromatic heterocycles. The molecule has 0 aromatic carbocycles. The van der Waals surface area contributed by atoms with Gasteiger partial charge in [-0.15, -0.1) is 0 Å². The minimum absolute atomic E-state index is 0.170. The predicted molar refractivity (Wildman–Crippen MR) is 88.1 cm³/mol. The molecule has 0 N–H and O–H groups in total. The number of carbonyl (C=O) groups is 2. The second-order valence-electron chi connectivity index (χ2n) is 7.73. The van der Waals surface area contributed by atoms with Gasteiger partial charge in [0.05, 0.1) is 23.5 Å². The molecule has 0 aromatic rings. The maximum atomic E-state index is 12.2. The highest BCUT2D eigenvalue weighted by molar-refractivity contribution is 5.91. The molecule has 2 heterocycles. The van der Waals surface area contributed by atoms with E-state index in [1.54, 1.807) is 13.8 Å². The molecular weight excluding hydrogens is 308 g/mol. The fraction of sp³-hybridized carbons (Fsp3) is 0.684. The van der Waals surface area contributed by atoms with Crippen molar-refractivity contribution in [3.63, 3.8) is 0 Å². The summed E-state index contributed by atoms with van der Waals surface area (Å²) in [4.78, 5) is 24.3. The number of fused-ring (bicyclic) bond motifs is 2. The number of rotatable bonds is 2. The largest absolute Gasteiger partial charge is 0.461 e. The summed E-state index contributed by atoms with van der Waals surface area (Å²) >= 11 is 0. The average molecular weight is 334 g/mol. The second kappa shape index (κ2) is 6.03. The van der Waals surface area contributed by atoms with Gasteiger partial charge in [0.15, 0.2) is 0 Å². The molecule has 0 unspecified atom stereocenters. The summed E-state index contributed by atoms with van der Waals surface area (Å²) in [5.74, 6) is -1.26. The zero-order chi connectivity index (χ0) is 17.6. The highest BCUT2D eigenvalue weighted by Gasteiger charge is 2.56. The number of carbonyl (C=O) groups excluding carboxylic acids is 2. The molecule has 2 aliphatic heterocycles. The summed E-state index contributed by atoms with van der Waals surface area (Å²) in [5, 5.41) is 0. The van der Waals surface area contributed by atoms with E-state index in [0.29, 0.717) is 12.0 Å². The van der Waals surface area contributed by atoms with Crippen molar-refractivity contribution in [2.24, 2.45) is 11.8 Å². The zero-order valence-corrected chi connectivity index (χ0v) is 14.8. The van der Waals surface area contributed by atoms with E-state index < -0.39 is 18.2 Å². The lowest BCUT2D eigenvalue weighted by Crippen LogP contribution is -2.37. The lowest BCUT2D eigenvalue weighted by Gasteiger charge is -2.29. The van der Waals surface area contributed by atoms with Crippen molar-refractivity contribution in [1.29, 1.82) is 0 Å². The molecule has 5 atom stereocenters. The van der Waals surface area contributed by atoms with Crippen molar-refractivity contribution < 1.29 is 23.8 Å². The minimum Gasteiger partial charge on any atom is -0.461 e. The van der Waals surface area contributed by atoms with Gasteiger partial charge in [-0.3, -0.25) is 4.79 Å². The summed E-state index contributed by atoms with van der Waals surface area (Å²) in [6.45, 7) is 11.6. The van der Waals surface area contributed by atoms with E-state index in [9.17, 15) is 9.59 Å². The van der Waals surface area contributed by atoms with Gasteiger partial charge in [0, 0.05) is 12.0 Å². The van der Waals surface area contributed by atoms with Crippen molar-refractivity contribution in [1.82, 2.24) is 0 Å². The molecule has 2 fully saturated rings. The standard InChI is InChI=1S/C19H26O5/c1-10(2)17(20)23-14-9-19(5)15(24-19)7-6-11(3)8-13-16(14)12(4)18(21)22-13/h8,10,13-16H,4,6-7,9H2,1-3,5H3/b11-8+/t13-,14-,15-,16+,19+/m1/s1. The molecule has 132 valence electrons. The first-order chi connectivity index (χ1) is 11.2. The van der Waals surface area contributed by atoms with Crippen molar-refractivity contribution in [2.75, 3.05) is 0 Å². The van der Waals surface area contributed by atoms with Crippen molar-refractivity contribution in [3.05, 3.63) is 23.8 Å². The fourth-order valence-corrected chi connectivity index (χ4v) is 3.66. The van der Waals surface area contributed by atoms with Gasteiger partial charge in [0.1, 0.15) is 12.2 Å². The number of hydrogen-bond acceptors (Lipinski definition) is 5. The van der Waals surface area contributed by atoms with Crippen LogP contribution in [0.15, 0.2) is 23.8 Å². The van der Waals surface area contributed by atoms with E-state index in [4.69, 9.17) is 14.2 Å². The van der Waals surface area contributed by atoms with Crippen LogP contribution < -0.4 is 0 Å². The van der Waals surface area contributed by atoms with E-state index in [1.807, 2.05) is 19.9 Å². The van der Waals surface area contributed by atoms with Crippen LogP contribution in [0.25, 0.3) is 0 Å². The van der Waals surface area contributed by atoms with E-state index in [0.717, 1.165) is 18.4 Å². The first-order valence-electron chi connectivity index (χ1n) is 8.66. The molecule has 0 radical (unpaired) electrons. The van der Waals surface area contributed by atoms with Crippen LogP contribution in [-0.4, -0.2) is 35.9 Å². The van der Waals surface area contributed by atoms with Gasteiger partial charge in [-0.1, -0.05) is 26.0 Å². The molecule has 1 aliphatic carbocycles. The number of epoxide rings is 1. The molecule has 0 spiro atoms. The summed E-state index contributed by atoms with van der Waals surface area (Å²) in [7, 11) is 0. The fourth-order valence-electron chi connectivity index (χ4n) is 3.66.